The second-order valence-electron chi connectivity index (χ2n) is 23.3. The van der Waals surface area contributed by atoms with E-state index in [2.05, 4.69) is 257 Å². The van der Waals surface area contributed by atoms with E-state index in [9.17, 15) is 19.5 Å². The molecule has 9 nitrogen and oxygen atoms in total. The largest absolute Gasteiger partial charge is 0.545 e. The van der Waals surface area contributed by atoms with Gasteiger partial charge in [0.05, 0.1) is 40.3 Å². The Balaban J connectivity index is 4.38. The van der Waals surface area contributed by atoms with Crippen LogP contribution in [-0.2, 0) is 33.3 Å². The van der Waals surface area contributed by atoms with Crippen LogP contribution in [0.25, 0.3) is 0 Å². The number of carboxylic acids is 1. The zero-order valence-corrected chi connectivity index (χ0v) is 58.5. The summed E-state index contributed by atoms with van der Waals surface area (Å²) in [5.74, 6) is -2.41. The lowest BCUT2D eigenvalue weighted by atomic mass is 10.1. The molecule has 0 radical (unpaired) electrons. The highest BCUT2D eigenvalue weighted by Crippen LogP contribution is 2.12. The fraction of sp³-hybridized carbons (Fsp3) is 0.488. The van der Waals surface area contributed by atoms with Crippen molar-refractivity contribution in [2.24, 2.45) is 0 Å². The fourth-order valence-electron chi connectivity index (χ4n) is 8.30. The van der Waals surface area contributed by atoms with Gasteiger partial charge in [0.15, 0.2) is 12.4 Å². The Hall–Kier alpha value is -6.91. The number of hydrogen-bond donors (Lipinski definition) is 0. The van der Waals surface area contributed by atoms with Crippen LogP contribution in [0, 0.1) is 0 Å². The van der Waals surface area contributed by atoms with Crippen LogP contribution >= 0.6 is 0 Å². The fourth-order valence-corrected chi connectivity index (χ4v) is 8.30. The molecular formula is C84H125NO8. The van der Waals surface area contributed by atoms with Crippen molar-refractivity contribution in [3.05, 3.63) is 243 Å². The molecule has 0 aliphatic rings. The van der Waals surface area contributed by atoms with Gasteiger partial charge in [0.25, 0.3) is 0 Å². The van der Waals surface area contributed by atoms with Gasteiger partial charge in [0, 0.05) is 12.8 Å². The smallest absolute Gasteiger partial charge is 0.306 e. The molecule has 0 rings (SSSR count). The molecule has 0 aromatic rings. The van der Waals surface area contributed by atoms with Gasteiger partial charge in [-0.3, -0.25) is 9.59 Å². The Morgan fingerprint density at radius 2 is 0.581 bits per heavy atom. The number of unbranched alkanes of at least 4 members (excludes halogenated alkanes) is 6. The van der Waals surface area contributed by atoms with Crippen molar-refractivity contribution >= 4 is 17.9 Å². The molecule has 514 valence electrons. The number of aliphatic carboxylic acids is 1. The summed E-state index contributed by atoms with van der Waals surface area (Å²) in [6.45, 7) is 4.39. The average Bonchev–Trinajstić information content (AvgIpc) is 3.74. The number of carbonyl (C=O) groups is 3. The highest BCUT2D eigenvalue weighted by Gasteiger charge is 2.22. The normalized spacial score (nSPS) is 14.2. The van der Waals surface area contributed by atoms with Crippen LogP contribution in [0.3, 0.4) is 0 Å². The summed E-state index contributed by atoms with van der Waals surface area (Å²) < 4.78 is 22.7. The van der Waals surface area contributed by atoms with Crippen molar-refractivity contribution in [3.63, 3.8) is 0 Å². The number of allylic oxidation sites excluding steroid dienone is 40. The van der Waals surface area contributed by atoms with Gasteiger partial charge >= 0.3 is 11.9 Å². The van der Waals surface area contributed by atoms with E-state index in [1.54, 1.807) is 0 Å². The van der Waals surface area contributed by atoms with Crippen molar-refractivity contribution in [2.45, 2.75) is 219 Å². The number of ether oxygens (including phenoxy) is 4. The SMILES string of the molecule is CC/C=C\C/C=C\C/C=C\C/C=C\C/C=C\C/C=C\C/C=C\C/C=C\C/C=C\C/C=C\CCCCCCC(=O)OC(COC(=O)CCCC/C=C\C/C=C\C/C=C\C/C=C\C/C=C\C/C=C\C/C=C\C/C=C\C/C=C\C/C=C\CC)COC(OCC[N+](C)(C)C)C(=O)[O-]. The summed E-state index contributed by atoms with van der Waals surface area (Å²) in [5, 5.41) is 11.8. The minimum absolute atomic E-state index is 0.120. The second-order valence-corrected chi connectivity index (χ2v) is 23.3. The Morgan fingerprint density at radius 3 is 0.871 bits per heavy atom. The first-order valence-corrected chi connectivity index (χ1v) is 35.2. The predicted octanol–water partition coefficient (Wildman–Crippen LogP) is 21.1. The van der Waals surface area contributed by atoms with Gasteiger partial charge in [-0.15, -0.1) is 0 Å². The summed E-state index contributed by atoms with van der Waals surface area (Å²) in [4.78, 5) is 37.5. The molecule has 0 spiro atoms. The lowest BCUT2D eigenvalue weighted by molar-refractivity contribution is -0.870. The first kappa shape index (κ1) is 86.1. The van der Waals surface area contributed by atoms with E-state index in [0.717, 1.165) is 167 Å². The number of esters is 2. The number of rotatable bonds is 61. The van der Waals surface area contributed by atoms with Crippen molar-refractivity contribution < 1.29 is 42.9 Å². The van der Waals surface area contributed by atoms with Gasteiger partial charge in [-0.2, -0.15) is 0 Å². The molecule has 0 aromatic heterocycles. The van der Waals surface area contributed by atoms with Crippen LogP contribution in [0.1, 0.15) is 206 Å². The molecule has 0 heterocycles. The van der Waals surface area contributed by atoms with Gasteiger partial charge in [0.2, 0.25) is 0 Å². The highest BCUT2D eigenvalue weighted by atomic mass is 16.7. The molecule has 0 saturated carbocycles. The summed E-state index contributed by atoms with van der Waals surface area (Å²) in [6, 6.07) is 0. The molecule has 0 amide bonds. The maximum Gasteiger partial charge on any atom is 0.306 e. The van der Waals surface area contributed by atoms with Gasteiger partial charge in [-0.1, -0.05) is 270 Å². The van der Waals surface area contributed by atoms with Crippen LogP contribution in [0.15, 0.2) is 243 Å². The molecule has 2 atom stereocenters. The Morgan fingerprint density at radius 1 is 0.323 bits per heavy atom. The van der Waals surface area contributed by atoms with E-state index in [1.165, 1.54) is 0 Å². The van der Waals surface area contributed by atoms with Crippen molar-refractivity contribution in [3.8, 4) is 0 Å². The lowest BCUT2D eigenvalue weighted by Crippen LogP contribution is -2.44. The molecule has 0 aromatic carbocycles. The molecule has 93 heavy (non-hydrogen) atoms. The Bertz CT molecular complexity index is 2430. The predicted molar refractivity (Wildman–Crippen MR) is 397 cm³/mol. The topological polar surface area (TPSA) is 111 Å². The standard InChI is InChI=1S/C84H125NO8/c1-6-8-10-12-14-16-18-20-22-24-26-28-30-32-34-36-38-40-41-43-45-47-49-51-53-55-57-59-61-63-65-67-69-71-73-75-82(87)93-80(79-92-84(83(88)89)90-77-76-85(3,4)5)78-91-81(86)74-72-70-68-66-64-62-60-58-56-54-52-50-48-46-44-42-39-37-35-33-31-29-27-25-23-21-19-17-15-13-11-9-7-2/h8-11,14-17,20-23,26-29,32-35,38-40,42-43,45-46,48-49,51-52,54-55,57-58,60-61,63-64,66,80,84H,6-7,12-13,18-19,24-25,30-31,36-37,41,44,47,50,53,56,59,62,65,67-79H2,1-5H3/b10-8-,11-9-,16-14-,17-15-,22-20-,23-21-,28-26-,29-27-,34-32-,35-33-,40-38-,42-39-,45-43-,48-46-,51-49-,54-52-,57-55-,60-58-,63-61-,66-64-. The quantitative estimate of drug-likeness (QED) is 0.0195. The van der Waals surface area contributed by atoms with Gasteiger partial charge in [0.1, 0.15) is 13.2 Å². The molecule has 0 bridgehead atoms. The third-order valence-corrected chi connectivity index (χ3v) is 13.6. The first-order valence-electron chi connectivity index (χ1n) is 35.2. The zero-order chi connectivity index (χ0) is 67.5. The number of carboxylic acid groups (broad SMARTS) is 1. The van der Waals surface area contributed by atoms with Crippen molar-refractivity contribution in [2.75, 3.05) is 47.5 Å². The monoisotopic (exact) mass is 1280 g/mol. The number of nitrogens with zero attached hydrogens (tertiary/aromatic N) is 1. The molecule has 0 saturated heterocycles. The van der Waals surface area contributed by atoms with Crippen LogP contribution < -0.4 is 5.11 Å². The molecule has 0 aliphatic heterocycles. The van der Waals surface area contributed by atoms with E-state index >= 15 is 0 Å². The average molecular weight is 1280 g/mol. The van der Waals surface area contributed by atoms with Gasteiger partial charge < -0.3 is 33.3 Å². The van der Waals surface area contributed by atoms with Gasteiger partial charge in [-0.05, 0) is 167 Å². The minimum Gasteiger partial charge on any atom is -0.545 e. The first-order chi connectivity index (χ1) is 45.6. The Labute approximate surface area is 567 Å². The molecule has 0 aliphatic carbocycles. The van der Waals surface area contributed by atoms with Crippen LogP contribution in [-0.4, -0.2) is 82.3 Å². The van der Waals surface area contributed by atoms with E-state index in [1.807, 2.05) is 21.1 Å². The van der Waals surface area contributed by atoms with Crippen molar-refractivity contribution in [1.82, 2.24) is 0 Å². The summed E-state index contributed by atoms with van der Waals surface area (Å²) >= 11 is 0. The van der Waals surface area contributed by atoms with E-state index in [0.29, 0.717) is 23.9 Å². The Kier molecular flexibility index (Phi) is 65.7. The van der Waals surface area contributed by atoms with E-state index in [-0.39, 0.29) is 32.7 Å². The molecule has 0 N–H and O–H groups in total. The van der Waals surface area contributed by atoms with Crippen LogP contribution in [0.2, 0.25) is 0 Å². The molecular weight excluding hydrogens is 1150 g/mol. The summed E-state index contributed by atoms with van der Waals surface area (Å²) in [5.41, 5.74) is 0. The third-order valence-electron chi connectivity index (χ3n) is 13.6. The van der Waals surface area contributed by atoms with E-state index < -0.39 is 30.3 Å². The highest BCUT2D eigenvalue weighted by molar-refractivity contribution is 5.70. The minimum atomic E-state index is -1.66. The number of hydrogen-bond acceptors (Lipinski definition) is 8. The second kappa shape index (κ2) is 70.9. The maximum atomic E-state index is 12.9. The molecule has 9 heteroatoms. The zero-order valence-electron chi connectivity index (χ0n) is 58.5. The number of likely N-dealkylation sites (N-methyl/N-ethyl adjacent to an activating group) is 1. The lowest BCUT2D eigenvalue weighted by Gasteiger charge is -2.26. The maximum absolute atomic E-state index is 12.9. The number of carbonyl (C=O) groups excluding carboxylic acids is 3. The van der Waals surface area contributed by atoms with Gasteiger partial charge in [-0.25, -0.2) is 0 Å². The third kappa shape index (κ3) is 72.4. The molecule has 0 fully saturated rings. The van der Waals surface area contributed by atoms with Crippen LogP contribution in [0.4, 0.5) is 0 Å². The summed E-state index contributed by atoms with van der Waals surface area (Å²) in [6.07, 6.45) is 112. The van der Waals surface area contributed by atoms with E-state index in [4.69, 9.17) is 18.9 Å². The number of quaternary nitrogens is 1. The van der Waals surface area contributed by atoms with Crippen molar-refractivity contribution in [1.29, 1.82) is 0 Å². The molecule has 2 unspecified atom stereocenters. The van der Waals surface area contributed by atoms with Crippen LogP contribution in [0.5, 0.6) is 0 Å². The summed E-state index contributed by atoms with van der Waals surface area (Å²) in [7, 11) is 5.88.